The van der Waals surface area contributed by atoms with Crippen molar-refractivity contribution in [2.45, 2.75) is 175 Å². The zero-order chi connectivity index (χ0) is 49.7. The van der Waals surface area contributed by atoms with Gasteiger partial charge < -0.3 is 9.80 Å². The molecule has 0 aliphatic heterocycles. The van der Waals surface area contributed by atoms with Gasteiger partial charge in [0.1, 0.15) is 0 Å². The van der Waals surface area contributed by atoms with Gasteiger partial charge in [0.05, 0.1) is 0 Å². The SMILES string of the molecule is CCCCCCCCC1(CCCCCCCC)c2cc(C)ccc2-c2ccc(-c3ccc(N(c4ccc(C(C)CC)cc4)c4ccc(N(c5ccc(C)cc5)c5ccc(C(C)CC)cc5)cc4)cc3)cc21. The van der Waals surface area contributed by atoms with E-state index in [0.29, 0.717) is 11.8 Å². The molecule has 0 radical (unpaired) electrons. The molecule has 0 aromatic heterocycles. The summed E-state index contributed by atoms with van der Waals surface area (Å²) in [6.45, 7) is 18.3. The lowest BCUT2D eigenvalue weighted by atomic mass is 9.70. The first-order chi connectivity index (χ1) is 34.7. The Hall–Kier alpha value is -5.86. The van der Waals surface area contributed by atoms with Crippen molar-refractivity contribution in [3.63, 3.8) is 0 Å². The quantitative estimate of drug-likeness (QED) is 0.0527. The minimum Gasteiger partial charge on any atom is -0.311 e. The van der Waals surface area contributed by atoms with Crippen LogP contribution in [0.15, 0.2) is 158 Å². The van der Waals surface area contributed by atoms with E-state index in [1.807, 2.05) is 0 Å². The van der Waals surface area contributed by atoms with Crippen molar-refractivity contribution in [2.75, 3.05) is 9.80 Å². The Balaban J connectivity index is 1.14. The first-order valence-corrected chi connectivity index (χ1v) is 28.0. The molecule has 0 saturated heterocycles. The summed E-state index contributed by atoms with van der Waals surface area (Å²) in [5.41, 5.74) is 21.0. The molecule has 71 heavy (non-hydrogen) atoms. The first kappa shape index (κ1) is 51.5. The third-order valence-corrected chi connectivity index (χ3v) is 16.2. The van der Waals surface area contributed by atoms with Crippen LogP contribution in [0, 0.1) is 13.8 Å². The van der Waals surface area contributed by atoms with E-state index < -0.39 is 0 Å². The Kier molecular flexibility index (Phi) is 17.8. The molecule has 7 aromatic rings. The van der Waals surface area contributed by atoms with Crippen LogP contribution in [0.5, 0.6) is 0 Å². The van der Waals surface area contributed by atoms with Crippen LogP contribution in [0.2, 0.25) is 0 Å². The van der Waals surface area contributed by atoms with Crippen molar-refractivity contribution >= 4 is 34.1 Å². The highest BCUT2D eigenvalue weighted by atomic mass is 15.2. The summed E-state index contributed by atoms with van der Waals surface area (Å²) in [5, 5.41) is 0. The Labute approximate surface area is 430 Å². The van der Waals surface area contributed by atoms with E-state index >= 15 is 0 Å². The number of rotatable bonds is 25. The molecule has 0 spiro atoms. The number of hydrogen-bond donors (Lipinski definition) is 0. The highest BCUT2D eigenvalue weighted by Gasteiger charge is 2.42. The van der Waals surface area contributed by atoms with Crippen LogP contribution < -0.4 is 9.80 Å². The van der Waals surface area contributed by atoms with Crippen molar-refractivity contribution < 1.29 is 0 Å². The van der Waals surface area contributed by atoms with Gasteiger partial charge in [-0.05, 0) is 175 Å². The fraction of sp³-hybridized carbons (Fsp3) is 0.391. The molecular weight excluding hydrogens is 857 g/mol. The van der Waals surface area contributed by atoms with E-state index in [0.717, 1.165) is 47.0 Å². The van der Waals surface area contributed by atoms with E-state index in [1.54, 1.807) is 11.1 Å². The summed E-state index contributed by atoms with van der Waals surface area (Å²) in [6.07, 6.45) is 20.7. The Morgan fingerprint density at radius 2 is 0.690 bits per heavy atom. The molecule has 0 amide bonds. The number of aryl methyl sites for hydroxylation is 2. The van der Waals surface area contributed by atoms with Gasteiger partial charge in [-0.1, -0.05) is 209 Å². The number of benzene rings is 7. The predicted molar refractivity (Wildman–Crippen MR) is 310 cm³/mol. The van der Waals surface area contributed by atoms with E-state index in [-0.39, 0.29) is 5.41 Å². The molecule has 2 atom stereocenters. The summed E-state index contributed by atoms with van der Waals surface area (Å²) in [6, 6.07) is 60.8. The second-order valence-corrected chi connectivity index (χ2v) is 21.3. The number of fused-ring (bicyclic) bond motifs is 3. The first-order valence-electron chi connectivity index (χ1n) is 28.0. The highest BCUT2D eigenvalue weighted by Crippen LogP contribution is 2.55. The molecule has 7 aromatic carbocycles. The highest BCUT2D eigenvalue weighted by molar-refractivity contribution is 5.86. The summed E-state index contributed by atoms with van der Waals surface area (Å²) >= 11 is 0. The lowest BCUT2D eigenvalue weighted by molar-refractivity contribution is 0.398. The normalized spacial score (nSPS) is 13.4. The van der Waals surface area contributed by atoms with E-state index in [4.69, 9.17) is 0 Å². The molecule has 2 unspecified atom stereocenters. The fourth-order valence-corrected chi connectivity index (χ4v) is 11.4. The van der Waals surface area contributed by atoms with Crippen LogP contribution in [-0.4, -0.2) is 0 Å². The van der Waals surface area contributed by atoms with Gasteiger partial charge in [-0.15, -0.1) is 0 Å². The molecule has 1 aliphatic carbocycles. The number of hydrogen-bond acceptors (Lipinski definition) is 2. The summed E-state index contributed by atoms with van der Waals surface area (Å²) in [5.74, 6) is 1.05. The fourth-order valence-electron chi connectivity index (χ4n) is 11.4. The summed E-state index contributed by atoms with van der Waals surface area (Å²) < 4.78 is 0. The maximum absolute atomic E-state index is 2.61. The van der Waals surface area contributed by atoms with Gasteiger partial charge in [0.15, 0.2) is 0 Å². The third-order valence-electron chi connectivity index (χ3n) is 16.2. The van der Waals surface area contributed by atoms with Crippen molar-refractivity contribution in [2.24, 2.45) is 0 Å². The third kappa shape index (κ3) is 11.9. The van der Waals surface area contributed by atoms with E-state index in [1.165, 1.54) is 134 Å². The Morgan fingerprint density at radius 3 is 1.13 bits per heavy atom. The van der Waals surface area contributed by atoms with Crippen molar-refractivity contribution in [1.29, 1.82) is 0 Å². The molecule has 0 heterocycles. The number of anilines is 6. The molecule has 2 heteroatoms. The molecule has 0 saturated carbocycles. The van der Waals surface area contributed by atoms with E-state index in [9.17, 15) is 0 Å². The van der Waals surface area contributed by atoms with Gasteiger partial charge in [-0.3, -0.25) is 0 Å². The number of unbranched alkanes of at least 4 members (excludes halogenated alkanes) is 10. The van der Waals surface area contributed by atoms with Crippen molar-refractivity contribution in [3.8, 4) is 22.3 Å². The second-order valence-electron chi connectivity index (χ2n) is 21.3. The summed E-state index contributed by atoms with van der Waals surface area (Å²) in [4.78, 5) is 4.81. The van der Waals surface area contributed by atoms with Crippen LogP contribution in [0.25, 0.3) is 22.3 Å². The average Bonchev–Trinajstić information content (AvgIpc) is 3.67. The van der Waals surface area contributed by atoms with Crippen molar-refractivity contribution in [3.05, 3.63) is 191 Å². The molecular formula is C69H84N2. The van der Waals surface area contributed by atoms with Crippen LogP contribution in [-0.2, 0) is 5.41 Å². The van der Waals surface area contributed by atoms with Crippen LogP contribution >= 0.6 is 0 Å². The Bertz CT molecular complexity index is 2710. The molecule has 8 rings (SSSR count). The second kappa shape index (κ2) is 24.5. The smallest absolute Gasteiger partial charge is 0.0463 e. The van der Waals surface area contributed by atoms with Crippen molar-refractivity contribution in [1.82, 2.24) is 0 Å². The van der Waals surface area contributed by atoms with Gasteiger partial charge in [-0.2, -0.15) is 0 Å². The van der Waals surface area contributed by atoms with Crippen LogP contribution in [0.4, 0.5) is 34.1 Å². The van der Waals surface area contributed by atoms with Gasteiger partial charge in [0.2, 0.25) is 0 Å². The zero-order valence-corrected chi connectivity index (χ0v) is 44.9. The molecule has 0 N–H and O–H groups in total. The maximum atomic E-state index is 2.61. The molecule has 0 bridgehead atoms. The largest absolute Gasteiger partial charge is 0.311 e. The summed E-state index contributed by atoms with van der Waals surface area (Å²) in [7, 11) is 0. The average molecular weight is 941 g/mol. The minimum atomic E-state index is 0.0542. The van der Waals surface area contributed by atoms with Gasteiger partial charge >= 0.3 is 0 Å². The lowest BCUT2D eigenvalue weighted by Crippen LogP contribution is -2.25. The van der Waals surface area contributed by atoms with E-state index in [2.05, 4.69) is 223 Å². The maximum Gasteiger partial charge on any atom is 0.0463 e. The molecule has 1 aliphatic rings. The lowest BCUT2D eigenvalue weighted by Gasteiger charge is -2.33. The molecule has 2 nitrogen and oxygen atoms in total. The molecule has 0 fully saturated rings. The molecule has 370 valence electrons. The van der Waals surface area contributed by atoms with Gasteiger partial charge in [0, 0.05) is 39.5 Å². The van der Waals surface area contributed by atoms with Crippen LogP contribution in [0.3, 0.4) is 0 Å². The number of nitrogens with zero attached hydrogens (tertiary/aromatic N) is 2. The monoisotopic (exact) mass is 941 g/mol. The standard InChI is InChI=1S/C69H84N2/c1-9-13-15-17-19-21-47-69(48-22-20-18-16-14-10-2)67-49-52(6)25-45-65(67)66-46-32-58(50-68(66)69)57-30-39-62(40-31-57)71(61-37-28-56(29-38-61)54(8)12-4)64-43-41-63(42-44-64)70(59-33-23-51(5)24-34-59)60-35-26-55(27-36-60)53(7)11-3/h23-46,49-50,53-54H,9-22,47-48H2,1-8H3. The zero-order valence-electron chi connectivity index (χ0n) is 44.9. The van der Waals surface area contributed by atoms with Crippen LogP contribution in [0.1, 0.15) is 189 Å². The Morgan fingerprint density at radius 1 is 0.352 bits per heavy atom. The minimum absolute atomic E-state index is 0.0542. The van der Waals surface area contributed by atoms with Gasteiger partial charge in [0.25, 0.3) is 0 Å². The van der Waals surface area contributed by atoms with Gasteiger partial charge in [-0.25, -0.2) is 0 Å². The topological polar surface area (TPSA) is 6.48 Å². The predicted octanol–water partition coefficient (Wildman–Crippen LogP) is 21.7.